The molecule has 5 heterocycles. The number of nitrogens with zero attached hydrogens (tertiary/aromatic N) is 7. The number of morpholine rings is 2. The average Bonchev–Trinajstić information content (AvgIpc) is 3.58. The number of rotatable bonds is 8. The first kappa shape index (κ1) is 26.7. The fourth-order valence-corrected chi connectivity index (χ4v) is 5.56. The molecular weight excluding hydrogens is 536 g/mol. The van der Waals surface area contributed by atoms with E-state index in [2.05, 4.69) is 20.2 Å². The predicted molar refractivity (Wildman–Crippen MR) is 150 cm³/mol. The molecule has 3 aromatic heterocycles. The van der Waals surface area contributed by atoms with Crippen LogP contribution in [0.25, 0.3) is 22.4 Å². The molecule has 0 unspecified atom stereocenters. The van der Waals surface area contributed by atoms with Crippen LogP contribution in [0.1, 0.15) is 5.76 Å². The number of aromatic nitrogens is 4. The maximum absolute atomic E-state index is 13.2. The highest BCUT2D eigenvalue weighted by Crippen LogP contribution is 2.32. The first-order valence-corrected chi connectivity index (χ1v) is 14.6. The first-order chi connectivity index (χ1) is 19.4. The van der Waals surface area contributed by atoms with E-state index in [0.29, 0.717) is 68.7 Å². The summed E-state index contributed by atoms with van der Waals surface area (Å²) < 4.78 is 45.8. The molecule has 0 amide bonds. The number of hydrogen-bond acceptors (Lipinski definition) is 11. The van der Waals surface area contributed by atoms with Crippen LogP contribution in [0.5, 0.6) is 0 Å². The van der Waals surface area contributed by atoms with Crippen LogP contribution in [-0.2, 0) is 26.2 Å². The van der Waals surface area contributed by atoms with Gasteiger partial charge < -0.3 is 24.1 Å². The average molecular weight is 569 g/mol. The van der Waals surface area contributed by atoms with Crippen molar-refractivity contribution in [1.29, 1.82) is 0 Å². The Hall–Kier alpha value is -3.56. The Labute approximate surface area is 232 Å². The summed E-state index contributed by atoms with van der Waals surface area (Å²) in [6.07, 6.45) is 0. The van der Waals surface area contributed by atoms with Gasteiger partial charge in [-0.25, -0.2) is 4.98 Å². The van der Waals surface area contributed by atoms with E-state index in [0.717, 1.165) is 32.8 Å². The number of furan rings is 1. The van der Waals surface area contributed by atoms with Gasteiger partial charge in [0.1, 0.15) is 17.1 Å². The van der Waals surface area contributed by atoms with Crippen molar-refractivity contribution in [3.8, 4) is 11.3 Å². The minimum Gasteiger partial charge on any atom is -0.454 e. The molecule has 0 bridgehead atoms. The van der Waals surface area contributed by atoms with Gasteiger partial charge >= 0.3 is 10.2 Å². The Morgan fingerprint density at radius 2 is 1.65 bits per heavy atom. The smallest absolute Gasteiger partial charge is 0.324 e. The van der Waals surface area contributed by atoms with Gasteiger partial charge in [0.25, 0.3) is 0 Å². The SMILES string of the molecule is CN(C)S(=O)(=O)n1nc(-c2ccccc2)cc1Nc1nc(N2CCOCC2)c2oc(CN3CCOCC3)cc2n1. The van der Waals surface area contributed by atoms with E-state index in [1.54, 1.807) is 6.07 Å². The highest BCUT2D eigenvalue weighted by Gasteiger charge is 2.26. The Morgan fingerprint density at radius 3 is 2.35 bits per heavy atom. The van der Waals surface area contributed by atoms with E-state index in [-0.39, 0.29) is 11.8 Å². The number of ether oxygens (including phenoxy) is 2. The summed E-state index contributed by atoms with van der Waals surface area (Å²) in [7, 11) is -1.02. The summed E-state index contributed by atoms with van der Waals surface area (Å²) in [6, 6.07) is 13.0. The highest BCUT2D eigenvalue weighted by molar-refractivity contribution is 7.87. The highest BCUT2D eigenvalue weighted by atomic mass is 32.2. The molecule has 212 valence electrons. The molecule has 0 spiro atoms. The second-order valence-electron chi connectivity index (χ2n) is 9.82. The van der Waals surface area contributed by atoms with Gasteiger partial charge in [-0.15, -0.1) is 4.09 Å². The molecule has 0 atom stereocenters. The second-order valence-corrected chi connectivity index (χ2v) is 11.8. The fraction of sp³-hybridized carbons (Fsp3) is 0.423. The molecule has 2 aliphatic rings. The molecular formula is C26H32N8O5S. The zero-order valence-electron chi connectivity index (χ0n) is 22.5. The van der Waals surface area contributed by atoms with Crippen molar-refractivity contribution in [2.24, 2.45) is 0 Å². The maximum atomic E-state index is 13.2. The zero-order valence-corrected chi connectivity index (χ0v) is 23.3. The van der Waals surface area contributed by atoms with E-state index in [4.69, 9.17) is 23.9 Å². The van der Waals surface area contributed by atoms with E-state index >= 15 is 0 Å². The molecule has 1 N–H and O–H groups in total. The van der Waals surface area contributed by atoms with E-state index < -0.39 is 10.2 Å². The predicted octanol–water partition coefficient (Wildman–Crippen LogP) is 2.15. The molecule has 40 heavy (non-hydrogen) atoms. The van der Waals surface area contributed by atoms with Crippen LogP contribution in [0, 0.1) is 0 Å². The summed E-state index contributed by atoms with van der Waals surface area (Å²) >= 11 is 0. The van der Waals surface area contributed by atoms with Crippen LogP contribution >= 0.6 is 0 Å². The second kappa shape index (κ2) is 11.1. The summed E-state index contributed by atoms with van der Waals surface area (Å²) in [4.78, 5) is 13.9. The largest absolute Gasteiger partial charge is 0.454 e. The zero-order chi connectivity index (χ0) is 27.7. The van der Waals surface area contributed by atoms with Gasteiger partial charge in [0.2, 0.25) is 5.95 Å². The monoisotopic (exact) mass is 568 g/mol. The van der Waals surface area contributed by atoms with Crippen molar-refractivity contribution in [3.05, 3.63) is 48.2 Å². The Morgan fingerprint density at radius 1 is 0.950 bits per heavy atom. The summed E-state index contributed by atoms with van der Waals surface area (Å²) in [5, 5.41) is 7.55. The molecule has 13 nitrogen and oxygen atoms in total. The van der Waals surface area contributed by atoms with Crippen molar-refractivity contribution in [2.45, 2.75) is 6.54 Å². The van der Waals surface area contributed by atoms with Crippen LogP contribution in [0.2, 0.25) is 0 Å². The standard InChI is InChI=1S/C26H32N8O5S/c1-31(2)40(35,36)34-23(17-21(30-34)19-6-4-3-5-7-19)28-26-27-22-16-20(18-32-8-12-37-13-9-32)39-24(22)25(29-26)33-10-14-38-15-11-33/h3-7,16-17H,8-15,18H2,1-2H3,(H,27,28,29). The Bertz CT molecular complexity index is 1580. The quantitative estimate of drug-likeness (QED) is 0.335. The third-order valence-electron chi connectivity index (χ3n) is 6.87. The van der Waals surface area contributed by atoms with Gasteiger partial charge in [0.05, 0.1) is 38.7 Å². The molecule has 0 aliphatic carbocycles. The van der Waals surface area contributed by atoms with E-state index in [1.165, 1.54) is 14.1 Å². The topological polar surface area (TPSA) is 131 Å². The molecule has 0 saturated carbocycles. The van der Waals surface area contributed by atoms with Crippen molar-refractivity contribution < 1.29 is 22.3 Å². The third-order valence-corrected chi connectivity index (χ3v) is 8.50. The molecule has 0 radical (unpaired) electrons. The minimum atomic E-state index is -3.94. The maximum Gasteiger partial charge on any atom is 0.324 e. The lowest BCUT2D eigenvalue weighted by Crippen LogP contribution is -2.37. The number of benzene rings is 1. The molecule has 6 rings (SSSR count). The van der Waals surface area contributed by atoms with Crippen LogP contribution < -0.4 is 10.2 Å². The number of anilines is 3. The summed E-state index contributed by atoms with van der Waals surface area (Å²) in [6.45, 7) is 6.14. The van der Waals surface area contributed by atoms with E-state index in [1.807, 2.05) is 36.4 Å². The lowest BCUT2D eigenvalue weighted by atomic mass is 10.2. The first-order valence-electron chi connectivity index (χ1n) is 13.2. The normalized spacial score (nSPS) is 17.1. The lowest BCUT2D eigenvalue weighted by Gasteiger charge is -2.28. The van der Waals surface area contributed by atoms with Crippen molar-refractivity contribution in [3.63, 3.8) is 0 Å². The van der Waals surface area contributed by atoms with Crippen LogP contribution in [0.4, 0.5) is 17.6 Å². The number of fused-ring (bicyclic) bond motifs is 1. The van der Waals surface area contributed by atoms with Gasteiger partial charge in [-0.3, -0.25) is 4.90 Å². The molecule has 2 aliphatic heterocycles. The molecule has 1 aromatic carbocycles. The fourth-order valence-electron chi connectivity index (χ4n) is 4.71. The van der Waals surface area contributed by atoms with Crippen LogP contribution in [0.3, 0.4) is 0 Å². The Kier molecular flexibility index (Phi) is 7.42. The molecule has 2 saturated heterocycles. The third kappa shape index (κ3) is 5.40. The lowest BCUT2D eigenvalue weighted by molar-refractivity contribution is 0.0315. The van der Waals surface area contributed by atoms with Crippen LogP contribution in [0.15, 0.2) is 46.9 Å². The molecule has 14 heteroatoms. The minimum absolute atomic E-state index is 0.219. The van der Waals surface area contributed by atoms with Gasteiger partial charge in [-0.2, -0.15) is 22.8 Å². The summed E-state index contributed by atoms with van der Waals surface area (Å²) in [5.41, 5.74) is 2.51. The van der Waals surface area contributed by atoms with Crippen molar-refractivity contribution >= 4 is 38.9 Å². The van der Waals surface area contributed by atoms with Gasteiger partial charge in [-0.05, 0) is 0 Å². The molecule has 2 fully saturated rings. The summed E-state index contributed by atoms with van der Waals surface area (Å²) in [5.74, 6) is 1.87. The van der Waals surface area contributed by atoms with Gasteiger partial charge in [0.15, 0.2) is 11.4 Å². The van der Waals surface area contributed by atoms with Crippen LogP contribution in [-0.4, -0.2) is 103 Å². The number of nitrogens with one attached hydrogen (secondary N) is 1. The molecule has 4 aromatic rings. The Balaban J connectivity index is 1.40. The van der Waals surface area contributed by atoms with E-state index in [9.17, 15) is 8.42 Å². The van der Waals surface area contributed by atoms with Crippen molar-refractivity contribution in [1.82, 2.24) is 28.4 Å². The van der Waals surface area contributed by atoms with Gasteiger partial charge in [-0.1, -0.05) is 30.3 Å². The van der Waals surface area contributed by atoms with Gasteiger partial charge in [0, 0.05) is 58.0 Å². The van der Waals surface area contributed by atoms with Crippen molar-refractivity contribution in [2.75, 3.05) is 76.9 Å². The number of hydrogen-bond donors (Lipinski definition) is 1.